The lowest BCUT2D eigenvalue weighted by molar-refractivity contribution is 0.0696. The normalized spacial score (nSPS) is 12.4. The molecule has 0 aromatic carbocycles. The largest absolute Gasteiger partial charge is 0.500 e. The van der Waals surface area contributed by atoms with E-state index in [9.17, 15) is 0 Å². The van der Waals surface area contributed by atoms with Crippen molar-refractivity contribution < 1.29 is 26.6 Å². The van der Waals surface area contributed by atoms with Crippen LogP contribution in [-0.4, -0.2) is 97.7 Å². The van der Waals surface area contributed by atoms with Gasteiger partial charge in [-0.3, -0.25) is 5.32 Å². The molecular weight excluding hydrogens is 518 g/mol. The fraction of sp³-hybridized carbons (Fsp3) is 0.900. The van der Waals surface area contributed by atoms with Crippen molar-refractivity contribution in [2.24, 2.45) is 0 Å². The molecule has 0 saturated heterocycles. The molecule has 0 fully saturated rings. The third-order valence-corrected chi connectivity index (χ3v) is 11.5. The zero-order valence-electron chi connectivity index (χ0n) is 23.0. The molecule has 0 aliphatic carbocycles. The lowest BCUT2D eigenvalue weighted by Gasteiger charge is -2.28. The van der Waals surface area contributed by atoms with E-state index in [0.29, 0.717) is 76.7 Å². The monoisotopic (exact) mass is 561 g/mol. The van der Waals surface area contributed by atoms with Crippen molar-refractivity contribution in [3.8, 4) is 0 Å². The first kappa shape index (κ1) is 31.4. The number of hydrogen-bond donors (Lipinski definition) is 1. The molecule has 1 N–H and O–H groups in total. The summed E-state index contributed by atoms with van der Waals surface area (Å²) in [6, 6.07) is 1.31. The highest BCUT2D eigenvalue weighted by atomic mass is 28.4. The maximum absolute atomic E-state index is 5.93. The van der Waals surface area contributed by atoms with Gasteiger partial charge >= 0.3 is 17.6 Å². The van der Waals surface area contributed by atoms with Gasteiger partial charge in [-0.2, -0.15) is 0 Å². The SMILES string of the molecule is CCO[Si](CCCn1nnnc1Nc1nnnn1CCC[Si](OCC)(OCC)OCC)(OCC)OCC. The van der Waals surface area contributed by atoms with Crippen molar-refractivity contribution in [2.75, 3.05) is 45.0 Å². The molecule has 212 valence electrons. The predicted octanol–water partition coefficient (Wildman–Crippen LogP) is 2.28. The van der Waals surface area contributed by atoms with E-state index in [-0.39, 0.29) is 0 Å². The summed E-state index contributed by atoms with van der Waals surface area (Å²) in [5, 5.41) is 27.2. The summed E-state index contributed by atoms with van der Waals surface area (Å²) < 4.78 is 38.9. The van der Waals surface area contributed by atoms with Crippen LogP contribution in [0, 0.1) is 0 Å². The molecule has 2 aromatic rings. The van der Waals surface area contributed by atoms with Crippen molar-refractivity contribution in [3.63, 3.8) is 0 Å². The first-order valence-electron chi connectivity index (χ1n) is 13.1. The molecule has 0 atom stereocenters. The Bertz CT molecular complexity index is 773. The molecule has 2 heterocycles. The molecule has 0 saturated carbocycles. The smallest absolute Gasteiger partial charge is 0.374 e. The number of tetrazole rings is 2. The molecule has 0 spiro atoms. The van der Waals surface area contributed by atoms with Gasteiger partial charge in [-0.1, -0.05) is 10.2 Å². The van der Waals surface area contributed by atoms with Gasteiger partial charge in [0.2, 0.25) is 11.9 Å². The average molecular weight is 562 g/mol. The Morgan fingerprint density at radius 3 is 1.19 bits per heavy atom. The summed E-state index contributed by atoms with van der Waals surface area (Å²) >= 11 is 0. The molecule has 15 nitrogen and oxygen atoms in total. The third-order valence-electron chi connectivity index (χ3n) is 5.18. The Hall–Kier alpha value is -1.87. The van der Waals surface area contributed by atoms with Gasteiger partial charge in [-0.05, 0) is 75.2 Å². The van der Waals surface area contributed by atoms with Gasteiger partial charge < -0.3 is 26.6 Å². The van der Waals surface area contributed by atoms with Crippen LogP contribution in [0.5, 0.6) is 0 Å². The van der Waals surface area contributed by atoms with Crippen LogP contribution < -0.4 is 5.32 Å². The van der Waals surface area contributed by atoms with E-state index in [1.807, 2.05) is 41.5 Å². The number of aromatic nitrogens is 8. The van der Waals surface area contributed by atoms with E-state index in [0.717, 1.165) is 12.8 Å². The van der Waals surface area contributed by atoms with Gasteiger partial charge in [-0.15, -0.1) is 0 Å². The number of hydrogen-bond acceptors (Lipinski definition) is 13. The molecule has 2 rings (SSSR count). The van der Waals surface area contributed by atoms with Gasteiger partial charge in [0.1, 0.15) is 0 Å². The zero-order chi connectivity index (χ0) is 27.0. The molecule has 0 bridgehead atoms. The molecule has 2 aromatic heterocycles. The molecule has 0 aliphatic rings. The highest BCUT2D eigenvalue weighted by Crippen LogP contribution is 2.21. The maximum atomic E-state index is 5.93. The van der Waals surface area contributed by atoms with Gasteiger partial charge in [0.15, 0.2) is 0 Å². The Morgan fingerprint density at radius 2 is 0.892 bits per heavy atom. The lowest BCUT2D eigenvalue weighted by Crippen LogP contribution is -2.46. The fourth-order valence-corrected chi connectivity index (χ4v) is 9.07. The highest BCUT2D eigenvalue weighted by molar-refractivity contribution is 6.61. The Balaban J connectivity index is 1.98. The van der Waals surface area contributed by atoms with Crippen LogP contribution in [-0.2, 0) is 39.6 Å². The van der Waals surface area contributed by atoms with Crippen molar-refractivity contribution in [1.82, 2.24) is 40.4 Å². The zero-order valence-corrected chi connectivity index (χ0v) is 25.0. The quantitative estimate of drug-likeness (QED) is 0.209. The Kier molecular flexibility index (Phi) is 14.3. The van der Waals surface area contributed by atoms with Crippen LogP contribution >= 0.6 is 0 Å². The van der Waals surface area contributed by atoms with Gasteiger partial charge in [0.25, 0.3) is 0 Å². The number of anilines is 2. The van der Waals surface area contributed by atoms with Crippen LogP contribution in [0.25, 0.3) is 0 Å². The standard InChI is InChI=1S/C20H43N9O6Si2/c1-7-30-36(31-8-2,32-9-3)17-13-15-28-19(22-24-26-28)21-20-23-25-27-29(20)16-14-18-37(33-10-4,34-11-5)35-12-6/h7-18H2,1-6H3,(H,21,22,23,26,27). The number of aryl methyl sites for hydroxylation is 2. The van der Waals surface area contributed by atoms with Gasteiger partial charge in [-0.25, -0.2) is 9.36 Å². The molecular formula is C20H43N9O6Si2. The Morgan fingerprint density at radius 1 is 0.568 bits per heavy atom. The molecule has 17 heteroatoms. The molecule has 0 radical (unpaired) electrons. The summed E-state index contributed by atoms with van der Waals surface area (Å²) in [6.07, 6.45) is 1.44. The predicted molar refractivity (Wildman–Crippen MR) is 139 cm³/mol. The Labute approximate surface area is 221 Å². The van der Waals surface area contributed by atoms with E-state index in [2.05, 4.69) is 36.4 Å². The second kappa shape index (κ2) is 16.9. The van der Waals surface area contributed by atoms with Gasteiger partial charge in [0.05, 0.1) is 0 Å². The average Bonchev–Trinajstić information content (AvgIpc) is 3.50. The van der Waals surface area contributed by atoms with Crippen molar-refractivity contribution in [2.45, 2.75) is 79.6 Å². The second-order valence-corrected chi connectivity index (χ2v) is 13.2. The van der Waals surface area contributed by atoms with Crippen LogP contribution in [0.2, 0.25) is 12.1 Å². The van der Waals surface area contributed by atoms with Crippen LogP contribution in [0.3, 0.4) is 0 Å². The minimum Gasteiger partial charge on any atom is -0.374 e. The molecule has 0 unspecified atom stereocenters. The minimum absolute atomic E-state index is 0.439. The van der Waals surface area contributed by atoms with Gasteiger partial charge in [0, 0.05) is 64.8 Å². The van der Waals surface area contributed by atoms with E-state index in [1.165, 1.54) is 0 Å². The highest BCUT2D eigenvalue weighted by Gasteiger charge is 2.40. The summed E-state index contributed by atoms with van der Waals surface area (Å²) in [7, 11) is -5.47. The molecule has 0 amide bonds. The topological polar surface area (TPSA) is 155 Å². The lowest BCUT2D eigenvalue weighted by atomic mass is 10.5. The summed E-state index contributed by atoms with van der Waals surface area (Å²) in [6.45, 7) is 16.0. The van der Waals surface area contributed by atoms with Crippen LogP contribution in [0.1, 0.15) is 54.4 Å². The number of nitrogens with zero attached hydrogens (tertiary/aromatic N) is 8. The number of rotatable bonds is 22. The molecule has 0 aliphatic heterocycles. The van der Waals surface area contributed by atoms with E-state index in [4.69, 9.17) is 26.6 Å². The van der Waals surface area contributed by atoms with Crippen molar-refractivity contribution >= 4 is 29.5 Å². The molecule has 37 heavy (non-hydrogen) atoms. The van der Waals surface area contributed by atoms with Crippen LogP contribution in [0.15, 0.2) is 0 Å². The maximum Gasteiger partial charge on any atom is 0.500 e. The van der Waals surface area contributed by atoms with E-state index < -0.39 is 17.6 Å². The summed E-state index contributed by atoms with van der Waals surface area (Å²) in [5.41, 5.74) is 0. The van der Waals surface area contributed by atoms with Crippen molar-refractivity contribution in [3.05, 3.63) is 0 Å². The first-order valence-corrected chi connectivity index (χ1v) is 17.0. The fourth-order valence-electron chi connectivity index (χ4n) is 3.88. The third kappa shape index (κ3) is 9.75. The van der Waals surface area contributed by atoms with Crippen molar-refractivity contribution in [1.29, 1.82) is 0 Å². The van der Waals surface area contributed by atoms with E-state index in [1.54, 1.807) is 9.36 Å². The summed E-state index contributed by atoms with van der Waals surface area (Å²) in [4.78, 5) is 0. The number of nitrogens with one attached hydrogen (secondary N) is 1. The minimum atomic E-state index is -2.73. The summed E-state index contributed by atoms with van der Waals surface area (Å²) in [5.74, 6) is 0.878. The second-order valence-electron chi connectivity index (χ2n) is 7.75. The first-order chi connectivity index (χ1) is 18.0. The van der Waals surface area contributed by atoms with E-state index >= 15 is 0 Å². The van der Waals surface area contributed by atoms with Crippen LogP contribution in [0.4, 0.5) is 11.9 Å².